The molecule has 1 atom stereocenters. The Balaban J connectivity index is 1.99. The third-order valence-electron chi connectivity index (χ3n) is 4.29. The number of aryl methyl sites for hydroxylation is 2. The molecule has 0 heterocycles. The molecule has 0 saturated carbocycles. The maximum absolute atomic E-state index is 14.0. The molecular formula is C18H20FN. The molecule has 1 aliphatic rings. The van der Waals surface area contributed by atoms with E-state index in [0.29, 0.717) is 12.1 Å². The summed E-state index contributed by atoms with van der Waals surface area (Å²) >= 11 is 0. The van der Waals surface area contributed by atoms with Gasteiger partial charge in [-0.3, -0.25) is 0 Å². The van der Waals surface area contributed by atoms with Gasteiger partial charge in [0, 0.05) is 12.5 Å². The molecule has 1 unspecified atom stereocenters. The molecule has 0 bridgehead atoms. The zero-order chi connectivity index (χ0) is 13.9. The lowest BCUT2D eigenvalue weighted by molar-refractivity contribution is 0.597. The molecule has 20 heavy (non-hydrogen) atoms. The summed E-state index contributed by atoms with van der Waals surface area (Å²) in [5.41, 5.74) is 10.6. The molecule has 0 saturated heterocycles. The van der Waals surface area contributed by atoms with E-state index in [-0.39, 0.29) is 11.7 Å². The summed E-state index contributed by atoms with van der Waals surface area (Å²) < 4.78 is 14.0. The van der Waals surface area contributed by atoms with Crippen LogP contribution in [0.15, 0.2) is 42.5 Å². The van der Waals surface area contributed by atoms with Gasteiger partial charge in [-0.05, 0) is 54.0 Å². The molecule has 0 spiro atoms. The summed E-state index contributed by atoms with van der Waals surface area (Å²) in [6.07, 6.45) is 4.84. The first-order valence-corrected chi connectivity index (χ1v) is 7.36. The van der Waals surface area contributed by atoms with Crippen LogP contribution in [0.4, 0.5) is 4.39 Å². The van der Waals surface area contributed by atoms with Crippen molar-refractivity contribution >= 4 is 0 Å². The van der Waals surface area contributed by atoms with Gasteiger partial charge in [0.15, 0.2) is 0 Å². The van der Waals surface area contributed by atoms with Crippen molar-refractivity contribution in [2.24, 2.45) is 5.73 Å². The van der Waals surface area contributed by atoms with E-state index in [1.54, 1.807) is 6.07 Å². The maximum Gasteiger partial charge on any atom is 0.127 e. The van der Waals surface area contributed by atoms with Crippen LogP contribution in [-0.2, 0) is 12.8 Å². The Morgan fingerprint density at radius 2 is 1.75 bits per heavy atom. The largest absolute Gasteiger partial charge is 0.330 e. The fourth-order valence-electron chi connectivity index (χ4n) is 3.17. The second-order valence-electron chi connectivity index (χ2n) is 5.55. The number of hydrogen-bond donors (Lipinski definition) is 1. The van der Waals surface area contributed by atoms with Crippen molar-refractivity contribution in [1.82, 2.24) is 0 Å². The van der Waals surface area contributed by atoms with Gasteiger partial charge in [0.1, 0.15) is 5.82 Å². The first-order chi connectivity index (χ1) is 9.79. The summed E-state index contributed by atoms with van der Waals surface area (Å²) in [7, 11) is 0. The van der Waals surface area contributed by atoms with Crippen molar-refractivity contribution in [2.75, 3.05) is 6.54 Å². The quantitative estimate of drug-likeness (QED) is 0.901. The molecule has 1 aliphatic carbocycles. The molecule has 3 rings (SSSR count). The van der Waals surface area contributed by atoms with Crippen molar-refractivity contribution in [1.29, 1.82) is 0 Å². The highest BCUT2D eigenvalue weighted by Crippen LogP contribution is 2.30. The van der Waals surface area contributed by atoms with E-state index in [1.165, 1.54) is 36.5 Å². The minimum atomic E-state index is -0.166. The third-order valence-corrected chi connectivity index (χ3v) is 4.29. The molecule has 1 nitrogen and oxygen atoms in total. The molecule has 104 valence electrons. The minimum absolute atomic E-state index is 0.0524. The molecule has 2 aromatic rings. The van der Waals surface area contributed by atoms with Gasteiger partial charge in [-0.25, -0.2) is 4.39 Å². The van der Waals surface area contributed by atoms with E-state index in [2.05, 4.69) is 18.2 Å². The fraction of sp³-hybridized carbons (Fsp3) is 0.333. The Morgan fingerprint density at radius 3 is 2.50 bits per heavy atom. The zero-order valence-electron chi connectivity index (χ0n) is 11.6. The number of nitrogens with two attached hydrogens (primary N) is 1. The Morgan fingerprint density at radius 1 is 1.00 bits per heavy atom. The topological polar surface area (TPSA) is 26.0 Å². The number of fused-ring (bicyclic) bond motifs is 1. The van der Waals surface area contributed by atoms with Crippen LogP contribution in [0.25, 0.3) is 0 Å². The van der Waals surface area contributed by atoms with Gasteiger partial charge in [0.05, 0.1) is 0 Å². The van der Waals surface area contributed by atoms with Crippen LogP contribution in [0.3, 0.4) is 0 Å². The van der Waals surface area contributed by atoms with Crippen LogP contribution in [0.5, 0.6) is 0 Å². The monoisotopic (exact) mass is 269 g/mol. The average molecular weight is 269 g/mol. The van der Waals surface area contributed by atoms with E-state index in [4.69, 9.17) is 5.73 Å². The first-order valence-electron chi connectivity index (χ1n) is 7.36. The van der Waals surface area contributed by atoms with Crippen molar-refractivity contribution < 1.29 is 4.39 Å². The predicted octanol–water partition coefficient (Wildman–Crippen LogP) is 3.80. The van der Waals surface area contributed by atoms with Gasteiger partial charge in [0.25, 0.3) is 0 Å². The normalized spacial score (nSPS) is 15.7. The van der Waals surface area contributed by atoms with Crippen LogP contribution >= 0.6 is 0 Å². The summed E-state index contributed by atoms with van der Waals surface area (Å²) in [5.74, 6) is -0.218. The van der Waals surface area contributed by atoms with Crippen molar-refractivity contribution in [2.45, 2.75) is 31.6 Å². The predicted molar refractivity (Wildman–Crippen MR) is 80.4 cm³/mol. The molecule has 0 radical (unpaired) electrons. The Kier molecular flexibility index (Phi) is 3.83. The van der Waals surface area contributed by atoms with Crippen LogP contribution in [0.1, 0.15) is 41.0 Å². The second kappa shape index (κ2) is 5.76. The van der Waals surface area contributed by atoms with Gasteiger partial charge in [-0.2, -0.15) is 0 Å². The standard InChI is InChI=1S/C18H20FN/c19-18-8-4-3-7-16(18)17(12-20)15-10-9-13-5-1-2-6-14(13)11-15/h3-4,7-11,17H,1-2,5-6,12,20H2. The molecule has 0 aliphatic heterocycles. The van der Waals surface area contributed by atoms with Crippen molar-refractivity contribution in [3.8, 4) is 0 Å². The molecule has 2 aromatic carbocycles. The highest BCUT2D eigenvalue weighted by Gasteiger charge is 2.18. The zero-order valence-corrected chi connectivity index (χ0v) is 11.6. The average Bonchev–Trinajstić information content (AvgIpc) is 2.50. The van der Waals surface area contributed by atoms with E-state index in [0.717, 1.165) is 12.0 Å². The highest BCUT2D eigenvalue weighted by molar-refractivity contribution is 5.40. The fourth-order valence-corrected chi connectivity index (χ4v) is 3.17. The molecule has 0 fully saturated rings. The van der Waals surface area contributed by atoms with Gasteiger partial charge < -0.3 is 5.73 Å². The Labute approximate surface area is 119 Å². The highest BCUT2D eigenvalue weighted by atomic mass is 19.1. The second-order valence-corrected chi connectivity index (χ2v) is 5.55. The van der Waals surface area contributed by atoms with Gasteiger partial charge in [-0.1, -0.05) is 36.4 Å². The number of benzene rings is 2. The first kappa shape index (κ1) is 13.3. The Bertz CT molecular complexity index is 606. The molecule has 0 aromatic heterocycles. The SMILES string of the molecule is NCC(c1ccc2c(c1)CCCC2)c1ccccc1F. The van der Waals surface area contributed by atoms with Crippen LogP contribution < -0.4 is 5.73 Å². The lowest BCUT2D eigenvalue weighted by atomic mass is 9.85. The van der Waals surface area contributed by atoms with E-state index < -0.39 is 0 Å². The van der Waals surface area contributed by atoms with Crippen LogP contribution in [0, 0.1) is 5.82 Å². The molecule has 2 N–H and O–H groups in total. The van der Waals surface area contributed by atoms with E-state index in [9.17, 15) is 4.39 Å². The summed E-state index contributed by atoms with van der Waals surface area (Å²) in [6.45, 7) is 0.430. The van der Waals surface area contributed by atoms with Gasteiger partial charge in [-0.15, -0.1) is 0 Å². The van der Waals surface area contributed by atoms with E-state index in [1.807, 2.05) is 12.1 Å². The number of halogens is 1. The van der Waals surface area contributed by atoms with Gasteiger partial charge >= 0.3 is 0 Å². The lowest BCUT2D eigenvalue weighted by Crippen LogP contribution is -2.16. The number of rotatable bonds is 3. The molecular weight excluding hydrogens is 249 g/mol. The maximum atomic E-state index is 14.0. The summed E-state index contributed by atoms with van der Waals surface area (Å²) in [4.78, 5) is 0. The van der Waals surface area contributed by atoms with Gasteiger partial charge in [0.2, 0.25) is 0 Å². The molecule has 2 heteroatoms. The van der Waals surface area contributed by atoms with Crippen molar-refractivity contribution in [3.05, 3.63) is 70.5 Å². The Hall–Kier alpha value is -1.67. The lowest BCUT2D eigenvalue weighted by Gasteiger charge is -2.21. The van der Waals surface area contributed by atoms with E-state index >= 15 is 0 Å². The number of hydrogen-bond acceptors (Lipinski definition) is 1. The summed E-state index contributed by atoms with van der Waals surface area (Å²) in [5, 5.41) is 0. The van der Waals surface area contributed by atoms with Crippen LogP contribution in [-0.4, -0.2) is 6.54 Å². The van der Waals surface area contributed by atoms with Crippen molar-refractivity contribution in [3.63, 3.8) is 0 Å². The third kappa shape index (κ3) is 2.48. The summed E-state index contributed by atoms with van der Waals surface area (Å²) in [6, 6.07) is 13.5. The van der Waals surface area contributed by atoms with Crippen LogP contribution in [0.2, 0.25) is 0 Å². The minimum Gasteiger partial charge on any atom is -0.330 e. The smallest absolute Gasteiger partial charge is 0.127 e. The molecule has 0 amide bonds.